The molecule has 0 aromatic heterocycles. The van der Waals surface area contributed by atoms with Crippen molar-refractivity contribution in [1.29, 1.82) is 0 Å². The zero-order valence-electron chi connectivity index (χ0n) is 24.6. The van der Waals surface area contributed by atoms with Crippen LogP contribution in [0.1, 0.15) is 22.7 Å². The molecular formula is C35H35N5O4. The van der Waals surface area contributed by atoms with Crippen molar-refractivity contribution in [1.82, 2.24) is 25.1 Å². The number of carbonyl (C=O) groups excluding carboxylic acids is 3. The number of nitrogens with zero attached hydrogens (tertiary/aromatic N) is 4. The van der Waals surface area contributed by atoms with Crippen LogP contribution < -0.4 is 10.1 Å². The molecule has 6 rings (SSSR count). The van der Waals surface area contributed by atoms with E-state index in [9.17, 15) is 14.4 Å². The number of nitrogens with one attached hydrogen (secondary N) is 1. The second kappa shape index (κ2) is 12.6. The summed E-state index contributed by atoms with van der Waals surface area (Å²) in [7, 11) is 1.61. The summed E-state index contributed by atoms with van der Waals surface area (Å²) in [5.74, 6) is 0.380. The Morgan fingerprint density at radius 3 is 2.45 bits per heavy atom. The molecule has 1 N–H and O–H groups in total. The fourth-order valence-electron chi connectivity index (χ4n) is 6.11. The first-order chi connectivity index (χ1) is 21.5. The van der Waals surface area contributed by atoms with E-state index in [1.54, 1.807) is 23.1 Å². The predicted octanol–water partition coefficient (Wildman–Crippen LogP) is 4.72. The van der Waals surface area contributed by atoms with Crippen LogP contribution in [0.5, 0.6) is 5.75 Å². The zero-order valence-corrected chi connectivity index (χ0v) is 24.6. The molecule has 9 nitrogen and oxygen atoms in total. The Morgan fingerprint density at radius 2 is 1.70 bits per heavy atom. The number of methoxy groups -OCH3 is 1. The summed E-state index contributed by atoms with van der Waals surface area (Å²) in [6.45, 7) is 4.94. The van der Waals surface area contributed by atoms with Gasteiger partial charge in [0.15, 0.2) is 0 Å². The van der Waals surface area contributed by atoms with E-state index in [-0.39, 0.29) is 37.5 Å². The highest BCUT2D eigenvalue weighted by Gasteiger charge is 2.52. The number of rotatable bonds is 9. The Labute approximate surface area is 256 Å². The summed E-state index contributed by atoms with van der Waals surface area (Å²) >= 11 is 0. The third kappa shape index (κ3) is 5.61. The van der Waals surface area contributed by atoms with Gasteiger partial charge in [0.05, 0.1) is 26.7 Å². The highest BCUT2D eigenvalue weighted by atomic mass is 16.5. The number of fused-ring (bicyclic) bond motifs is 2. The van der Waals surface area contributed by atoms with E-state index in [2.05, 4.69) is 30.1 Å². The first-order valence-corrected chi connectivity index (χ1v) is 14.7. The molecule has 44 heavy (non-hydrogen) atoms. The molecule has 0 bridgehead atoms. The summed E-state index contributed by atoms with van der Waals surface area (Å²) < 4.78 is 5.23. The number of hydrazine groups is 1. The van der Waals surface area contributed by atoms with Gasteiger partial charge in [0.25, 0.3) is 5.91 Å². The number of amides is 4. The molecule has 0 aliphatic carbocycles. The van der Waals surface area contributed by atoms with E-state index in [1.165, 1.54) is 5.01 Å². The number of hydrogen-bond donors (Lipinski definition) is 1. The highest BCUT2D eigenvalue weighted by Crippen LogP contribution is 2.36. The first kappa shape index (κ1) is 28.9. The van der Waals surface area contributed by atoms with Crippen molar-refractivity contribution in [2.45, 2.75) is 25.3 Å². The molecule has 224 valence electrons. The molecule has 9 heteroatoms. The van der Waals surface area contributed by atoms with Gasteiger partial charge in [0, 0.05) is 13.1 Å². The second-order valence-corrected chi connectivity index (χ2v) is 10.9. The van der Waals surface area contributed by atoms with Crippen LogP contribution in [-0.2, 0) is 22.7 Å². The summed E-state index contributed by atoms with van der Waals surface area (Å²) in [5, 5.41) is 8.44. The lowest BCUT2D eigenvalue weighted by Gasteiger charge is -2.46. The van der Waals surface area contributed by atoms with Crippen LogP contribution in [0.15, 0.2) is 110 Å². The SMILES string of the molecule is C=CCN(C(=O)NCc1ccc(OC)cc1)N1CC(=O)N2[C@@H](c3ccccc3)C(=O)N(Cc3cccc4ccccc34)C[C@@H]21. The van der Waals surface area contributed by atoms with E-state index >= 15 is 0 Å². The van der Waals surface area contributed by atoms with Crippen LogP contribution >= 0.6 is 0 Å². The van der Waals surface area contributed by atoms with Gasteiger partial charge >= 0.3 is 6.03 Å². The maximum atomic E-state index is 14.2. The number of benzene rings is 4. The lowest BCUT2D eigenvalue weighted by Crippen LogP contribution is -2.62. The monoisotopic (exact) mass is 589 g/mol. The van der Waals surface area contributed by atoms with E-state index in [4.69, 9.17) is 4.74 Å². The Bertz CT molecular complexity index is 1670. The van der Waals surface area contributed by atoms with Gasteiger partial charge < -0.3 is 19.9 Å². The highest BCUT2D eigenvalue weighted by molar-refractivity contribution is 5.93. The Balaban J connectivity index is 1.31. The summed E-state index contributed by atoms with van der Waals surface area (Å²) in [6, 6.07) is 29.9. The molecule has 2 fully saturated rings. The third-order valence-electron chi connectivity index (χ3n) is 8.26. The van der Waals surface area contributed by atoms with Crippen molar-refractivity contribution in [3.63, 3.8) is 0 Å². The average molecular weight is 590 g/mol. The average Bonchev–Trinajstić information content (AvgIpc) is 3.38. The number of ether oxygens (including phenoxy) is 1. The molecule has 2 aliphatic heterocycles. The zero-order chi connectivity index (χ0) is 30.6. The summed E-state index contributed by atoms with van der Waals surface area (Å²) in [5.41, 5.74) is 2.66. The summed E-state index contributed by atoms with van der Waals surface area (Å²) in [6.07, 6.45) is 1.09. The fourth-order valence-corrected chi connectivity index (χ4v) is 6.11. The smallest absolute Gasteiger partial charge is 0.332 e. The minimum atomic E-state index is -0.810. The van der Waals surface area contributed by atoms with Gasteiger partial charge in [-0.1, -0.05) is 91.0 Å². The largest absolute Gasteiger partial charge is 0.497 e. The topological polar surface area (TPSA) is 85.4 Å². The lowest BCUT2D eigenvalue weighted by atomic mass is 9.99. The van der Waals surface area contributed by atoms with Crippen molar-refractivity contribution in [2.24, 2.45) is 0 Å². The van der Waals surface area contributed by atoms with Crippen molar-refractivity contribution < 1.29 is 19.1 Å². The molecule has 4 amide bonds. The second-order valence-electron chi connectivity index (χ2n) is 10.9. The minimum absolute atomic E-state index is 0.0345. The molecule has 2 saturated heterocycles. The van der Waals surface area contributed by atoms with Crippen molar-refractivity contribution in [3.8, 4) is 5.75 Å². The number of hydrogen-bond acceptors (Lipinski definition) is 5. The molecule has 2 aliphatic rings. The van der Waals surface area contributed by atoms with Gasteiger partial charge in [-0.3, -0.25) is 14.6 Å². The normalized spacial score (nSPS) is 18.3. The van der Waals surface area contributed by atoms with Gasteiger partial charge in [0.2, 0.25) is 5.91 Å². The molecule has 4 aromatic rings. The minimum Gasteiger partial charge on any atom is -0.497 e. The van der Waals surface area contributed by atoms with E-state index in [1.807, 2.05) is 83.8 Å². The Morgan fingerprint density at radius 1 is 0.977 bits per heavy atom. The van der Waals surface area contributed by atoms with E-state index in [0.29, 0.717) is 13.1 Å². The van der Waals surface area contributed by atoms with Crippen LogP contribution in [0.25, 0.3) is 10.8 Å². The van der Waals surface area contributed by atoms with Gasteiger partial charge in [-0.2, -0.15) is 5.01 Å². The van der Waals surface area contributed by atoms with Crippen LogP contribution in [0.3, 0.4) is 0 Å². The van der Waals surface area contributed by atoms with E-state index < -0.39 is 12.2 Å². The molecule has 2 heterocycles. The fraction of sp³-hybridized carbons (Fsp3) is 0.229. The van der Waals surface area contributed by atoms with Crippen LogP contribution in [0, 0.1) is 0 Å². The van der Waals surface area contributed by atoms with Gasteiger partial charge in [0.1, 0.15) is 18.0 Å². The van der Waals surface area contributed by atoms with Crippen LogP contribution in [0.2, 0.25) is 0 Å². The van der Waals surface area contributed by atoms with Crippen LogP contribution in [0.4, 0.5) is 4.79 Å². The Hall–Kier alpha value is -5.15. The number of urea groups is 1. The van der Waals surface area contributed by atoms with Crippen molar-refractivity contribution in [3.05, 3.63) is 126 Å². The van der Waals surface area contributed by atoms with Crippen molar-refractivity contribution in [2.75, 3.05) is 26.7 Å². The first-order valence-electron chi connectivity index (χ1n) is 14.7. The maximum absolute atomic E-state index is 14.2. The molecule has 0 unspecified atom stereocenters. The Kier molecular flexibility index (Phi) is 8.29. The summed E-state index contributed by atoms with van der Waals surface area (Å²) in [4.78, 5) is 44.9. The third-order valence-corrected chi connectivity index (χ3v) is 8.26. The lowest BCUT2D eigenvalue weighted by molar-refractivity contribution is -0.158. The van der Waals surface area contributed by atoms with E-state index in [0.717, 1.165) is 33.2 Å². The van der Waals surface area contributed by atoms with Crippen molar-refractivity contribution >= 4 is 28.6 Å². The standard InChI is InChI=1S/C35H35N5O4/c1-3-20-38(35(43)36-21-25-16-18-29(44-2)19-17-25)39-24-32(41)40-31(39)23-37(34(42)33(40)27-11-5-4-6-12-27)22-28-14-9-13-26-10-7-8-15-30(26)28/h3-19,31,33H,1,20-24H2,2H3,(H,36,43)/t31-,33+/m1/s1. The molecule has 2 atom stereocenters. The molecule has 4 aromatic carbocycles. The van der Waals surface area contributed by atoms with Gasteiger partial charge in [-0.05, 0) is 39.6 Å². The number of piperazine rings is 1. The molecule has 0 radical (unpaired) electrons. The van der Waals surface area contributed by atoms with Gasteiger partial charge in [-0.15, -0.1) is 6.58 Å². The molecular weight excluding hydrogens is 554 g/mol. The number of carbonyl (C=O) groups is 3. The molecule has 0 spiro atoms. The molecule has 0 saturated carbocycles. The predicted molar refractivity (Wildman–Crippen MR) is 168 cm³/mol. The maximum Gasteiger partial charge on any atom is 0.332 e. The van der Waals surface area contributed by atoms with Crippen LogP contribution in [-0.4, -0.2) is 70.6 Å². The quantitative estimate of drug-likeness (QED) is 0.286. The van der Waals surface area contributed by atoms with Gasteiger partial charge in [-0.25, -0.2) is 4.79 Å².